The Labute approximate surface area is 84.7 Å². The Kier molecular flexibility index (Phi) is 5.27. The molecule has 0 aromatic rings. The maximum Gasteiger partial charge on any atom is 0.328 e. The summed E-state index contributed by atoms with van der Waals surface area (Å²) in [5, 5.41) is 27.2. The van der Waals surface area contributed by atoms with Crippen LogP contribution < -0.4 is 11.1 Å². The zero-order valence-corrected chi connectivity index (χ0v) is 7.71. The molecule has 0 bridgehead atoms. The number of rotatable bonds is 6. The van der Waals surface area contributed by atoms with Crippen molar-refractivity contribution >= 4 is 17.8 Å². The number of nitrogens with one attached hydrogen (secondary N) is 1. The summed E-state index contributed by atoms with van der Waals surface area (Å²) < 4.78 is 0. The number of carbonyl (C=O) groups is 3. The van der Waals surface area contributed by atoms with Gasteiger partial charge in [-0.25, -0.2) is 4.79 Å². The molecule has 15 heavy (non-hydrogen) atoms. The Hall–Kier alpha value is -1.67. The molecule has 8 nitrogen and oxygen atoms in total. The molecule has 0 spiro atoms. The van der Waals surface area contributed by atoms with Crippen molar-refractivity contribution < 1.29 is 29.7 Å². The van der Waals surface area contributed by atoms with Gasteiger partial charge in [0.05, 0.1) is 19.1 Å². The fourth-order valence-corrected chi connectivity index (χ4v) is 0.745. The Bertz CT molecular complexity index is 266. The van der Waals surface area contributed by atoms with Gasteiger partial charge >= 0.3 is 11.9 Å². The van der Waals surface area contributed by atoms with Crippen LogP contribution >= 0.6 is 0 Å². The molecular weight excluding hydrogens is 208 g/mol. The van der Waals surface area contributed by atoms with Crippen molar-refractivity contribution in [2.75, 3.05) is 6.61 Å². The van der Waals surface area contributed by atoms with Crippen LogP contribution in [0.3, 0.4) is 0 Å². The molecule has 0 aliphatic heterocycles. The van der Waals surface area contributed by atoms with E-state index in [2.05, 4.69) is 0 Å². The van der Waals surface area contributed by atoms with Gasteiger partial charge in [-0.1, -0.05) is 0 Å². The van der Waals surface area contributed by atoms with Crippen molar-refractivity contribution in [3.8, 4) is 0 Å². The first-order valence-electron chi connectivity index (χ1n) is 4.00. The van der Waals surface area contributed by atoms with Gasteiger partial charge in [0.1, 0.15) is 6.04 Å². The van der Waals surface area contributed by atoms with E-state index in [1.54, 1.807) is 0 Å². The fourth-order valence-electron chi connectivity index (χ4n) is 0.745. The van der Waals surface area contributed by atoms with Crippen LogP contribution in [-0.4, -0.2) is 51.9 Å². The lowest BCUT2D eigenvalue weighted by Gasteiger charge is -2.14. The Balaban J connectivity index is 4.21. The maximum atomic E-state index is 11.1. The average molecular weight is 220 g/mol. The summed E-state index contributed by atoms with van der Waals surface area (Å²) in [6, 6.07) is -2.81. The predicted molar refractivity (Wildman–Crippen MR) is 46.9 cm³/mol. The topological polar surface area (TPSA) is 150 Å². The number of amides is 1. The summed E-state index contributed by atoms with van der Waals surface area (Å²) >= 11 is 0. The van der Waals surface area contributed by atoms with Crippen LogP contribution in [0, 0.1) is 0 Å². The second-order valence-corrected chi connectivity index (χ2v) is 2.79. The number of aliphatic hydroxyl groups is 1. The highest BCUT2D eigenvalue weighted by Crippen LogP contribution is 1.91. The van der Waals surface area contributed by atoms with E-state index in [1.807, 2.05) is 5.32 Å². The number of aliphatic hydroxyl groups excluding tert-OH is 1. The lowest BCUT2D eigenvalue weighted by atomic mass is 10.2. The van der Waals surface area contributed by atoms with Gasteiger partial charge < -0.3 is 26.4 Å². The standard InChI is InChI=1S/C7H12N2O6/c8-3(1-5(11)12)6(13)9-4(2-10)7(14)15/h3-4,10H,1-2,8H2,(H,9,13)(H,11,12)(H,14,15)/t3-,4-/m0/s1. The second-order valence-electron chi connectivity index (χ2n) is 2.79. The van der Waals surface area contributed by atoms with E-state index in [0.29, 0.717) is 0 Å². The van der Waals surface area contributed by atoms with Gasteiger partial charge in [-0.15, -0.1) is 0 Å². The summed E-state index contributed by atoms with van der Waals surface area (Å²) in [6.45, 7) is -0.791. The van der Waals surface area contributed by atoms with Crippen molar-refractivity contribution in [2.45, 2.75) is 18.5 Å². The first-order chi connectivity index (χ1) is 6.88. The van der Waals surface area contributed by atoms with Crippen molar-refractivity contribution in [1.82, 2.24) is 5.32 Å². The van der Waals surface area contributed by atoms with Gasteiger partial charge in [0.25, 0.3) is 0 Å². The largest absolute Gasteiger partial charge is 0.481 e. The third kappa shape index (κ3) is 4.93. The average Bonchev–Trinajstić information content (AvgIpc) is 2.11. The molecule has 86 valence electrons. The third-order valence-electron chi connectivity index (χ3n) is 1.53. The molecule has 0 fully saturated rings. The molecule has 0 rings (SSSR count). The van der Waals surface area contributed by atoms with E-state index in [4.69, 9.17) is 21.1 Å². The molecule has 0 heterocycles. The van der Waals surface area contributed by atoms with Crippen LogP contribution in [0.2, 0.25) is 0 Å². The van der Waals surface area contributed by atoms with Crippen molar-refractivity contribution in [2.24, 2.45) is 5.73 Å². The van der Waals surface area contributed by atoms with Crippen LogP contribution in [-0.2, 0) is 14.4 Å². The Morgan fingerprint density at radius 2 is 1.80 bits per heavy atom. The van der Waals surface area contributed by atoms with Crippen LogP contribution in [0.5, 0.6) is 0 Å². The highest BCUT2D eigenvalue weighted by atomic mass is 16.4. The SMILES string of the molecule is N[C@@H](CC(=O)O)C(=O)N[C@@H](CO)C(=O)O. The summed E-state index contributed by atoms with van der Waals surface area (Å²) in [4.78, 5) is 31.6. The zero-order chi connectivity index (χ0) is 12.0. The molecule has 0 radical (unpaired) electrons. The first kappa shape index (κ1) is 13.3. The van der Waals surface area contributed by atoms with E-state index in [9.17, 15) is 14.4 Å². The van der Waals surface area contributed by atoms with Gasteiger partial charge in [-0.05, 0) is 0 Å². The molecule has 6 N–H and O–H groups in total. The van der Waals surface area contributed by atoms with Gasteiger partial charge in [0, 0.05) is 0 Å². The Morgan fingerprint density at radius 3 is 2.13 bits per heavy atom. The third-order valence-corrected chi connectivity index (χ3v) is 1.53. The molecule has 0 aromatic carbocycles. The van der Waals surface area contributed by atoms with E-state index in [-0.39, 0.29) is 0 Å². The van der Waals surface area contributed by atoms with Crippen LogP contribution in [0.4, 0.5) is 0 Å². The first-order valence-corrected chi connectivity index (χ1v) is 4.00. The second kappa shape index (κ2) is 5.94. The van der Waals surface area contributed by atoms with E-state index >= 15 is 0 Å². The van der Waals surface area contributed by atoms with Gasteiger partial charge in [-0.3, -0.25) is 9.59 Å². The molecule has 0 aromatic heterocycles. The molecule has 8 heteroatoms. The van der Waals surface area contributed by atoms with Gasteiger partial charge in [-0.2, -0.15) is 0 Å². The van der Waals surface area contributed by atoms with E-state index in [1.165, 1.54) is 0 Å². The fraction of sp³-hybridized carbons (Fsp3) is 0.571. The quantitative estimate of drug-likeness (QED) is 0.328. The summed E-state index contributed by atoms with van der Waals surface area (Å²) in [5.74, 6) is -3.62. The van der Waals surface area contributed by atoms with Crippen molar-refractivity contribution in [3.63, 3.8) is 0 Å². The molecule has 0 saturated carbocycles. The number of hydrogen-bond donors (Lipinski definition) is 5. The number of aliphatic carboxylic acids is 2. The molecule has 0 aliphatic carbocycles. The predicted octanol–water partition coefficient (Wildman–Crippen LogP) is -2.65. The monoisotopic (exact) mass is 220 g/mol. The highest BCUT2D eigenvalue weighted by Gasteiger charge is 2.23. The number of carboxylic acids is 2. The van der Waals surface area contributed by atoms with Crippen LogP contribution in [0.25, 0.3) is 0 Å². The number of nitrogens with two attached hydrogens (primary N) is 1. The lowest BCUT2D eigenvalue weighted by Crippen LogP contribution is -2.50. The highest BCUT2D eigenvalue weighted by molar-refractivity contribution is 5.89. The van der Waals surface area contributed by atoms with Gasteiger partial charge in [0.15, 0.2) is 0 Å². The molecule has 1 amide bonds. The van der Waals surface area contributed by atoms with Crippen molar-refractivity contribution in [3.05, 3.63) is 0 Å². The molecule has 0 aliphatic rings. The molecule has 0 unspecified atom stereocenters. The number of hydrogen-bond acceptors (Lipinski definition) is 5. The number of carboxylic acid groups (broad SMARTS) is 2. The maximum absolute atomic E-state index is 11.1. The molecule has 0 saturated heterocycles. The smallest absolute Gasteiger partial charge is 0.328 e. The summed E-state index contributed by atoms with van der Waals surface area (Å²) in [6.07, 6.45) is -0.608. The minimum absolute atomic E-state index is 0.608. The summed E-state index contributed by atoms with van der Waals surface area (Å²) in [5.41, 5.74) is 5.15. The normalized spacial score (nSPS) is 14.0. The van der Waals surface area contributed by atoms with E-state index in [0.717, 1.165) is 0 Å². The summed E-state index contributed by atoms with van der Waals surface area (Å²) in [7, 11) is 0. The lowest BCUT2D eigenvalue weighted by molar-refractivity contribution is -0.143. The minimum atomic E-state index is -1.47. The van der Waals surface area contributed by atoms with Crippen molar-refractivity contribution in [1.29, 1.82) is 0 Å². The Morgan fingerprint density at radius 1 is 1.27 bits per heavy atom. The molecule has 2 atom stereocenters. The molecular formula is C7H12N2O6. The van der Waals surface area contributed by atoms with Crippen LogP contribution in [0.15, 0.2) is 0 Å². The van der Waals surface area contributed by atoms with E-state index < -0.39 is 43.0 Å². The minimum Gasteiger partial charge on any atom is -0.481 e. The number of carbonyl (C=O) groups excluding carboxylic acids is 1. The zero-order valence-electron chi connectivity index (χ0n) is 7.71. The van der Waals surface area contributed by atoms with Crippen LogP contribution in [0.1, 0.15) is 6.42 Å². The van der Waals surface area contributed by atoms with Gasteiger partial charge in [0.2, 0.25) is 5.91 Å².